The fraction of sp³-hybridized carbons (Fsp3) is 0.333. The Kier molecular flexibility index (Phi) is 5.58. The second kappa shape index (κ2) is 8.81. The molecular weight excluding hydrogens is 392 g/mol. The second-order valence-electron chi connectivity index (χ2n) is 7.85. The van der Waals surface area contributed by atoms with Gasteiger partial charge in [-0.3, -0.25) is 4.79 Å². The van der Waals surface area contributed by atoms with Crippen molar-refractivity contribution in [1.82, 2.24) is 14.5 Å². The topological polar surface area (TPSA) is 59.8 Å². The van der Waals surface area contributed by atoms with Crippen LogP contribution in [-0.4, -0.2) is 59.3 Å². The van der Waals surface area contributed by atoms with Gasteiger partial charge in [0.25, 0.3) is 5.91 Å². The van der Waals surface area contributed by atoms with Crippen LogP contribution in [0.3, 0.4) is 0 Å². The Balaban J connectivity index is 1.37. The van der Waals surface area contributed by atoms with Crippen LogP contribution in [-0.2, 0) is 22.6 Å². The van der Waals surface area contributed by atoms with Crippen molar-refractivity contribution in [2.75, 3.05) is 37.7 Å². The molecule has 7 heteroatoms. The lowest BCUT2D eigenvalue weighted by molar-refractivity contribution is -0.142. The molecule has 2 aromatic carbocycles. The third kappa shape index (κ3) is 4.27. The number of amides is 1. The molecule has 0 aliphatic carbocycles. The van der Waals surface area contributed by atoms with Crippen molar-refractivity contribution >= 4 is 11.6 Å². The van der Waals surface area contributed by atoms with Gasteiger partial charge in [0, 0.05) is 32.0 Å². The molecule has 2 aliphatic heterocycles. The highest BCUT2D eigenvalue weighted by atomic mass is 16.5. The minimum Gasteiger partial charge on any atom is -0.477 e. The molecule has 0 saturated carbocycles. The summed E-state index contributed by atoms with van der Waals surface area (Å²) in [6, 6.07) is 18.2. The number of anilines is 1. The van der Waals surface area contributed by atoms with Crippen LogP contribution < -0.4 is 9.64 Å². The highest BCUT2D eigenvalue weighted by Crippen LogP contribution is 2.34. The van der Waals surface area contributed by atoms with E-state index in [-0.39, 0.29) is 5.91 Å². The van der Waals surface area contributed by atoms with Gasteiger partial charge in [-0.15, -0.1) is 0 Å². The molecule has 3 heterocycles. The van der Waals surface area contributed by atoms with Crippen LogP contribution in [0, 0.1) is 0 Å². The maximum Gasteiger partial charge on any atom is 0.265 e. The van der Waals surface area contributed by atoms with Crippen LogP contribution in [0.4, 0.5) is 5.69 Å². The van der Waals surface area contributed by atoms with Crippen LogP contribution >= 0.6 is 0 Å². The van der Waals surface area contributed by atoms with Crippen LogP contribution in [0.2, 0.25) is 0 Å². The average Bonchev–Trinajstić information content (AvgIpc) is 3.26. The molecule has 1 saturated heterocycles. The van der Waals surface area contributed by atoms with Gasteiger partial charge in [0.1, 0.15) is 11.6 Å². The van der Waals surface area contributed by atoms with Crippen molar-refractivity contribution in [2.45, 2.75) is 19.2 Å². The first-order valence-electron chi connectivity index (χ1n) is 10.7. The van der Waals surface area contributed by atoms with Crippen LogP contribution in [0.5, 0.6) is 5.75 Å². The first-order valence-corrected chi connectivity index (χ1v) is 10.7. The van der Waals surface area contributed by atoms with Crippen LogP contribution in [0.25, 0.3) is 0 Å². The molecule has 0 radical (unpaired) electrons. The summed E-state index contributed by atoms with van der Waals surface area (Å²) in [7, 11) is 0. The van der Waals surface area contributed by atoms with E-state index >= 15 is 0 Å². The van der Waals surface area contributed by atoms with E-state index in [4.69, 9.17) is 9.47 Å². The van der Waals surface area contributed by atoms with Crippen molar-refractivity contribution in [1.29, 1.82) is 0 Å². The van der Waals surface area contributed by atoms with E-state index in [1.807, 2.05) is 59.8 Å². The Bertz CT molecular complexity index is 1030. The van der Waals surface area contributed by atoms with Gasteiger partial charge in [-0.25, -0.2) is 4.98 Å². The molecule has 0 unspecified atom stereocenters. The Morgan fingerprint density at radius 1 is 1.00 bits per heavy atom. The zero-order valence-corrected chi connectivity index (χ0v) is 17.4. The largest absolute Gasteiger partial charge is 0.477 e. The molecule has 1 atom stereocenters. The average molecular weight is 418 g/mol. The van der Waals surface area contributed by atoms with Gasteiger partial charge >= 0.3 is 0 Å². The molecule has 1 amide bonds. The van der Waals surface area contributed by atoms with E-state index in [9.17, 15) is 4.79 Å². The SMILES string of the molecule is O=C([C@@H]1CN(Cc2nccn2Cc2ccccc2)c2ccccc2O1)N1CCOCC1. The van der Waals surface area contributed by atoms with Crippen molar-refractivity contribution in [2.24, 2.45) is 0 Å². The molecule has 5 rings (SSSR count). The molecule has 0 N–H and O–H groups in total. The summed E-state index contributed by atoms with van der Waals surface area (Å²) in [5.41, 5.74) is 2.22. The van der Waals surface area contributed by atoms with Gasteiger partial charge in [0.2, 0.25) is 0 Å². The summed E-state index contributed by atoms with van der Waals surface area (Å²) in [5.74, 6) is 1.72. The standard InChI is InChI=1S/C24H26N4O3/c29-24(26-12-14-30-15-13-26)22-17-28(20-8-4-5-9-21(20)31-22)18-23-25-10-11-27(23)16-19-6-2-1-3-7-19/h1-11,22H,12-18H2/t22-/m0/s1. The molecule has 0 bridgehead atoms. The Morgan fingerprint density at radius 3 is 2.61 bits per heavy atom. The van der Waals surface area contributed by atoms with E-state index in [2.05, 4.69) is 26.6 Å². The zero-order chi connectivity index (χ0) is 21.0. The van der Waals surface area contributed by atoms with Gasteiger partial charge in [-0.2, -0.15) is 0 Å². The van der Waals surface area contributed by atoms with E-state index in [1.165, 1.54) is 5.56 Å². The molecule has 0 spiro atoms. The van der Waals surface area contributed by atoms with E-state index in [0.29, 0.717) is 39.4 Å². The molecule has 2 aliphatic rings. The normalized spacial score (nSPS) is 18.4. The van der Waals surface area contributed by atoms with Gasteiger partial charge in [0.15, 0.2) is 6.10 Å². The Labute approximate surface area is 181 Å². The number of nitrogens with zero attached hydrogens (tertiary/aromatic N) is 4. The van der Waals surface area contributed by atoms with Crippen LogP contribution in [0.1, 0.15) is 11.4 Å². The molecular formula is C24H26N4O3. The number of carbonyl (C=O) groups is 1. The van der Waals surface area contributed by atoms with Gasteiger partial charge < -0.3 is 23.8 Å². The fourth-order valence-corrected chi connectivity index (χ4v) is 4.16. The minimum absolute atomic E-state index is 0.0235. The summed E-state index contributed by atoms with van der Waals surface area (Å²) in [6.45, 7) is 4.24. The molecule has 3 aromatic rings. The van der Waals surface area contributed by atoms with Crippen molar-refractivity contribution in [3.63, 3.8) is 0 Å². The number of ether oxygens (including phenoxy) is 2. The summed E-state index contributed by atoms with van der Waals surface area (Å²) in [6.07, 6.45) is 3.30. The maximum atomic E-state index is 13.1. The Hall–Kier alpha value is -3.32. The molecule has 1 aromatic heterocycles. The summed E-state index contributed by atoms with van der Waals surface area (Å²) in [5, 5.41) is 0. The maximum absolute atomic E-state index is 13.1. The lowest BCUT2D eigenvalue weighted by atomic mass is 10.1. The van der Waals surface area contributed by atoms with Crippen LogP contribution in [0.15, 0.2) is 67.0 Å². The molecule has 31 heavy (non-hydrogen) atoms. The third-order valence-electron chi connectivity index (χ3n) is 5.79. The van der Waals surface area contributed by atoms with E-state index < -0.39 is 6.10 Å². The van der Waals surface area contributed by atoms with Crippen molar-refractivity contribution < 1.29 is 14.3 Å². The summed E-state index contributed by atoms with van der Waals surface area (Å²) in [4.78, 5) is 21.8. The van der Waals surface area contributed by atoms with Gasteiger partial charge in [0.05, 0.1) is 32.0 Å². The number of morpholine rings is 1. The third-order valence-corrected chi connectivity index (χ3v) is 5.79. The van der Waals surface area contributed by atoms with Crippen molar-refractivity contribution in [3.8, 4) is 5.75 Å². The van der Waals surface area contributed by atoms with Gasteiger partial charge in [-0.1, -0.05) is 42.5 Å². The lowest BCUT2D eigenvalue weighted by Crippen LogP contribution is -2.53. The summed E-state index contributed by atoms with van der Waals surface area (Å²) < 4.78 is 13.7. The number of para-hydroxylation sites is 2. The minimum atomic E-state index is -0.537. The molecule has 160 valence electrons. The monoisotopic (exact) mass is 418 g/mol. The smallest absolute Gasteiger partial charge is 0.265 e. The number of rotatable bonds is 5. The molecule has 1 fully saturated rings. The lowest BCUT2D eigenvalue weighted by Gasteiger charge is -2.38. The number of benzene rings is 2. The quantitative estimate of drug-likeness (QED) is 0.637. The summed E-state index contributed by atoms with van der Waals surface area (Å²) >= 11 is 0. The van der Waals surface area contributed by atoms with Gasteiger partial charge in [-0.05, 0) is 17.7 Å². The van der Waals surface area contributed by atoms with E-state index in [0.717, 1.165) is 23.8 Å². The zero-order valence-electron chi connectivity index (χ0n) is 17.4. The van der Waals surface area contributed by atoms with E-state index in [1.54, 1.807) is 0 Å². The molecule has 7 nitrogen and oxygen atoms in total. The number of carbonyl (C=O) groups excluding carboxylic acids is 1. The fourth-order valence-electron chi connectivity index (χ4n) is 4.16. The first kappa shape index (κ1) is 19.6. The van der Waals surface area contributed by atoms with Crippen molar-refractivity contribution in [3.05, 3.63) is 78.4 Å². The predicted molar refractivity (Wildman–Crippen MR) is 117 cm³/mol. The second-order valence-corrected chi connectivity index (χ2v) is 7.85. The number of hydrogen-bond donors (Lipinski definition) is 0. The highest BCUT2D eigenvalue weighted by Gasteiger charge is 2.34. The predicted octanol–water partition coefficient (Wildman–Crippen LogP) is 2.56. The number of imidazole rings is 1. The number of hydrogen-bond acceptors (Lipinski definition) is 5. The first-order chi connectivity index (χ1) is 15.3. The number of fused-ring (bicyclic) bond motifs is 1. The Morgan fingerprint density at radius 2 is 1.77 bits per heavy atom. The highest BCUT2D eigenvalue weighted by molar-refractivity contribution is 5.83. The number of aromatic nitrogens is 2.